The Balaban J connectivity index is 0.00000364. The summed E-state index contributed by atoms with van der Waals surface area (Å²) in [6.45, 7) is 3.49. The second kappa shape index (κ2) is 11.4. The maximum atomic E-state index is 12.3. The summed E-state index contributed by atoms with van der Waals surface area (Å²) in [5, 5.41) is 2.93. The number of nitrogens with one attached hydrogen (secondary N) is 1. The van der Waals surface area contributed by atoms with Crippen molar-refractivity contribution in [3.63, 3.8) is 0 Å². The molecule has 0 radical (unpaired) electrons. The van der Waals surface area contributed by atoms with E-state index < -0.39 is 12.0 Å². The third-order valence-electron chi connectivity index (χ3n) is 4.45. The van der Waals surface area contributed by atoms with E-state index in [2.05, 4.69) is 5.32 Å². The van der Waals surface area contributed by atoms with Crippen LogP contribution in [0.5, 0.6) is 0 Å². The molecule has 0 saturated carbocycles. The lowest BCUT2D eigenvalue weighted by Crippen LogP contribution is -2.40. The minimum absolute atomic E-state index is 0. The summed E-state index contributed by atoms with van der Waals surface area (Å²) in [6, 6.07) is 18.3. The molecule has 0 aromatic heterocycles. The summed E-state index contributed by atoms with van der Waals surface area (Å²) >= 11 is 0. The van der Waals surface area contributed by atoms with Crippen molar-refractivity contribution in [2.24, 2.45) is 11.7 Å². The Bertz CT molecular complexity index is 670. The van der Waals surface area contributed by atoms with E-state index >= 15 is 0 Å². The number of carbonyl (C=O) groups excluding carboxylic acids is 2. The Kier molecular flexibility index (Phi) is 9.54. The second-order valence-corrected chi connectivity index (χ2v) is 6.34. The molecule has 2 aromatic carbocycles. The fraction of sp³-hybridized carbons (Fsp3) is 0.333. The van der Waals surface area contributed by atoms with E-state index in [1.807, 2.05) is 74.5 Å². The Hall–Kier alpha value is -2.37. The lowest BCUT2D eigenvalue weighted by atomic mass is 9.99. The van der Waals surface area contributed by atoms with Gasteiger partial charge in [0.1, 0.15) is 6.04 Å². The maximum absolute atomic E-state index is 12.3. The summed E-state index contributed by atoms with van der Waals surface area (Å²) in [5.74, 6) is -0.912. The van der Waals surface area contributed by atoms with Crippen LogP contribution >= 0.6 is 12.4 Å². The molecule has 2 atom stereocenters. The van der Waals surface area contributed by atoms with Crippen LogP contribution in [0.15, 0.2) is 60.7 Å². The second-order valence-electron chi connectivity index (χ2n) is 6.34. The molecule has 2 rings (SSSR count). The number of carbonyl (C=O) groups is 2. The summed E-state index contributed by atoms with van der Waals surface area (Å²) in [7, 11) is 0. The van der Waals surface area contributed by atoms with E-state index in [0.717, 1.165) is 17.5 Å². The number of hydrogen-bond donors (Lipinski definition) is 2. The Morgan fingerprint density at radius 1 is 1.00 bits per heavy atom. The standard InChI is InChI=1S/C21H26N2O3.ClH/c1-3-15(2)19(22)21(25)26-14-18(24)23-20(16-10-6-4-7-11-16)17-12-8-5-9-13-17;/h4-13,15,19-20H,3,14,22H2,1-2H3,(H,23,24);1H/t15?,19-;/m0./s1. The highest BCUT2D eigenvalue weighted by atomic mass is 35.5. The topological polar surface area (TPSA) is 81.4 Å². The van der Waals surface area contributed by atoms with Gasteiger partial charge in [-0.05, 0) is 17.0 Å². The molecule has 0 aliphatic carbocycles. The molecule has 0 aliphatic rings. The van der Waals surface area contributed by atoms with Gasteiger partial charge in [0, 0.05) is 0 Å². The molecule has 0 bridgehead atoms. The van der Waals surface area contributed by atoms with Crippen LogP contribution in [0.2, 0.25) is 0 Å². The highest BCUT2D eigenvalue weighted by molar-refractivity contribution is 5.85. The van der Waals surface area contributed by atoms with E-state index in [1.165, 1.54) is 0 Å². The summed E-state index contributed by atoms with van der Waals surface area (Å²) < 4.78 is 5.09. The smallest absolute Gasteiger partial charge is 0.323 e. The zero-order valence-corrected chi connectivity index (χ0v) is 16.4. The van der Waals surface area contributed by atoms with Gasteiger partial charge in [-0.1, -0.05) is 80.9 Å². The summed E-state index contributed by atoms with van der Waals surface area (Å²) in [6.07, 6.45) is 0.770. The maximum Gasteiger partial charge on any atom is 0.323 e. The average molecular weight is 391 g/mol. The first-order valence-corrected chi connectivity index (χ1v) is 8.84. The van der Waals surface area contributed by atoms with Crippen molar-refractivity contribution in [1.29, 1.82) is 0 Å². The molecule has 0 fully saturated rings. The van der Waals surface area contributed by atoms with E-state index in [9.17, 15) is 9.59 Å². The molecule has 146 valence electrons. The lowest BCUT2D eigenvalue weighted by Gasteiger charge is -2.21. The molecule has 2 aromatic rings. The number of benzene rings is 2. The van der Waals surface area contributed by atoms with Crippen LogP contribution in [0.25, 0.3) is 0 Å². The van der Waals surface area contributed by atoms with Crippen molar-refractivity contribution in [2.75, 3.05) is 6.61 Å². The van der Waals surface area contributed by atoms with Crippen molar-refractivity contribution < 1.29 is 14.3 Å². The van der Waals surface area contributed by atoms with Crippen LogP contribution in [0.1, 0.15) is 37.4 Å². The number of hydrogen-bond acceptors (Lipinski definition) is 4. The quantitative estimate of drug-likeness (QED) is 0.678. The SMILES string of the molecule is CCC(C)[C@H](N)C(=O)OCC(=O)NC(c1ccccc1)c1ccccc1.Cl. The minimum atomic E-state index is -0.716. The van der Waals surface area contributed by atoms with Crippen LogP contribution in [0, 0.1) is 5.92 Å². The molecule has 0 spiro atoms. The third-order valence-corrected chi connectivity index (χ3v) is 4.45. The number of rotatable bonds is 8. The first kappa shape index (κ1) is 22.7. The monoisotopic (exact) mass is 390 g/mol. The van der Waals surface area contributed by atoms with Crippen molar-refractivity contribution in [1.82, 2.24) is 5.32 Å². The van der Waals surface area contributed by atoms with Gasteiger partial charge in [-0.2, -0.15) is 0 Å². The highest BCUT2D eigenvalue weighted by Gasteiger charge is 2.23. The van der Waals surface area contributed by atoms with E-state index in [1.54, 1.807) is 0 Å². The number of halogens is 1. The van der Waals surface area contributed by atoms with E-state index in [0.29, 0.717) is 0 Å². The molecule has 0 aliphatic heterocycles. The predicted molar refractivity (Wildman–Crippen MR) is 109 cm³/mol. The first-order chi connectivity index (χ1) is 12.5. The Morgan fingerprint density at radius 3 is 1.93 bits per heavy atom. The van der Waals surface area contributed by atoms with Crippen LogP contribution in [0.4, 0.5) is 0 Å². The Labute approximate surface area is 166 Å². The first-order valence-electron chi connectivity index (χ1n) is 8.84. The van der Waals surface area contributed by atoms with Crippen molar-refractivity contribution >= 4 is 24.3 Å². The summed E-state index contributed by atoms with van der Waals surface area (Å²) in [4.78, 5) is 24.3. The van der Waals surface area contributed by atoms with Gasteiger partial charge in [-0.3, -0.25) is 9.59 Å². The number of ether oxygens (including phenoxy) is 1. The molecule has 3 N–H and O–H groups in total. The number of nitrogens with two attached hydrogens (primary N) is 1. The molecule has 5 nitrogen and oxygen atoms in total. The van der Waals surface area contributed by atoms with E-state index in [4.69, 9.17) is 10.5 Å². The molecular formula is C21H27ClN2O3. The van der Waals surface area contributed by atoms with Crippen LogP contribution in [0.3, 0.4) is 0 Å². The molecule has 27 heavy (non-hydrogen) atoms. The zero-order chi connectivity index (χ0) is 18.9. The zero-order valence-electron chi connectivity index (χ0n) is 15.6. The van der Waals surface area contributed by atoms with Gasteiger partial charge in [-0.25, -0.2) is 0 Å². The van der Waals surface area contributed by atoms with Crippen molar-refractivity contribution in [2.45, 2.75) is 32.4 Å². The number of esters is 1. The Morgan fingerprint density at radius 2 is 1.48 bits per heavy atom. The van der Waals surface area contributed by atoms with Crippen molar-refractivity contribution in [3.8, 4) is 0 Å². The fourth-order valence-corrected chi connectivity index (χ4v) is 2.57. The predicted octanol–water partition coefficient (Wildman–Crippen LogP) is 3.23. The fourth-order valence-electron chi connectivity index (χ4n) is 2.57. The van der Waals surface area contributed by atoms with E-state index in [-0.39, 0.29) is 36.9 Å². The van der Waals surface area contributed by atoms with Crippen molar-refractivity contribution in [3.05, 3.63) is 71.8 Å². The molecule has 6 heteroatoms. The highest BCUT2D eigenvalue weighted by Crippen LogP contribution is 2.21. The average Bonchev–Trinajstić information content (AvgIpc) is 2.70. The van der Waals surface area contributed by atoms with Crippen LogP contribution in [-0.2, 0) is 14.3 Å². The summed E-state index contributed by atoms with van der Waals surface area (Å²) in [5.41, 5.74) is 7.74. The molecular weight excluding hydrogens is 364 g/mol. The van der Waals surface area contributed by atoms with Crippen LogP contribution in [-0.4, -0.2) is 24.5 Å². The minimum Gasteiger partial charge on any atom is -0.454 e. The van der Waals surface area contributed by atoms with Gasteiger partial charge in [0.05, 0.1) is 6.04 Å². The van der Waals surface area contributed by atoms with Gasteiger partial charge in [-0.15, -0.1) is 12.4 Å². The van der Waals surface area contributed by atoms with Gasteiger partial charge in [0.2, 0.25) is 0 Å². The largest absolute Gasteiger partial charge is 0.454 e. The lowest BCUT2D eigenvalue weighted by molar-refractivity contribution is -0.151. The molecule has 1 amide bonds. The molecule has 0 heterocycles. The van der Waals surface area contributed by atoms with Gasteiger partial charge >= 0.3 is 5.97 Å². The van der Waals surface area contributed by atoms with Gasteiger partial charge in [0.15, 0.2) is 6.61 Å². The van der Waals surface area contributed by atoms with Gasteiger partial charge in [0.25, 0.3) is 5.91 Å². The number of amides is 1. The third kappa shape index (κ3) is 6.70. The normalized spacial score (nSPS) is 12.6. The molecule has 0 saturated heterocycles. The van der Waals surface area contributed by atoms with Crippen LogP contribution < -0.4 is 11.1 Å². The molecule has 1 unspecified atom stereocenters. The van der Waals surface area contributed by atoms with Gasteiger partial charge < -0.3 is 15.8 Å².